The number of terminal acetylenes is 3. The summed E-state index contributed by atoms with van der Waals surface area (Å²) in [5.41, 5.74) is 27.7. The van der Waals surface area contributed by atoms with E-state index in [4.69, 9.17) is 36.5 Å². The lowest BCUT2D eigenvalue weighted by Gasteiger charge is -2.06. The average Bonchev–Trinajstić information content (AvgIpc) is 3.13. The van der Waals surface area contributed by atoms with Gasteiger partial charge in [-0.05, 0) is 18.2 Å². The number of halogens is 3. The molecule has 9 heteroatoms. The molecule has 0 aliphatic heterocycles. The molecule has 6 nitrogen and oxygen atoms in total. The van der Waals surface area contributed by atoms with E-state index in [9.17, 15) is 0 Å². The van der Waals surface area contributed by atoms with Gasteiger partial charge in [0.1, 0.15) is 19.6 Å². The fourth-order valence-corrected chi connectivity index (χ4v) is 6.48. The Morgan fingerprint density at radius 2 is 0.685 bits per heavy atom. The first kappa shape index (κ1) is 48.2. The first-order valence-electron chi connectivity index (χ1n) is 17.5. The van der Waals surface area contributed by atoms with Gasteiger partial charge in [0.2, 0.25) is 16.6 Å². The maximum atomic E-state index is 6.04. The maximum Gasteiger partial charge on any atom is 0.214 e. The number of nitrogens with zero attached hydrogens (tertiary/aromatic N) is 3. The molecule has 0 bridgehead atoms. The van der Waals surface area contributed by atoms with Crippen molar-refractivity contribution in [2.24, 2.45) is 0 Å². The molecule has 6 aromatic rings. The lowest BCUT2D eigenvalue weighted by Crippen LogP contribution is -3.00. The minimum absolute atomic E-state index is 0. The number of hydrogen-bond acceptors (Lipinski definition) is 3. The monoisotopic (exact) mass is 1060 g/mol. The number of nitrogens with two attached hydrogens (primary N) is 3. The summed E-state index contributed by atoms with van der Waals surface area (Å²) in [5, 5.41) is 3.33. The van der Waals surface area contributed by atoms with Crippen LogP contribution in [0.15, 0.2) is 91.0 Å². The van der Waals surface area contributed by atoms with Crippen molar-refractivity contribution in [2.45, 2.75) is 78.9 Å². The summed E-state index contributed by atoms with van der Waals surface area (Å²) >= 11 is 0. The highest BCUT2D eigenvalue weighted by atomic mass is 127. The molecule has 0 radical (unpaired) electrons. The van der Waals surface area contributed by atoms with Gasteiger partial charge in [0, 0.05) is 95.7 Å². The Kier molecular flexibility index (Phi) is 21.9. The zero-order chi connectivity index (χ0) is 36.8. The number of rotatable bonds is 9. The van der Waals surface area contributed by atoms with Gasteiger partial charge in [-0.25, -0.2) is 0 Å². The lowest BCUT2D eigenvalue weighted by molar-refractivity contribution is -0.677. The smallest absolute Gasteiger partial charge is 0.214 e. The third-order valence-corrected chi connectivity index (χ3v) is 9.00. The third kappa shape index (κ3) is 12.6. The second kappa shape index (κ2) is 24.5. The van der Waals surface area contributed by atoms with E-state index in [2.05, 4.69) is 88.6 Å². The van der Waals surface area contributed by atoms with Crippen LogP contribution >= 0.6 is 0 Å². The van der Waals surface area contributed by atoms with Crippen molar-refractivity contribution >= 4 is 49.8 Å². The van der Waals surface area contributed by atoms with E-state index >= 15 is 0 Å². The normalized spacial score (nSPS) is 9.78. The number of fused-ring (bicyclic) bond motifs is 3. The standard InChI is InChI=1S/3C15H16N2.3HI/c3*1-3-4-7-10-17-12(2)11-14(16)13-8-5-6-9-15(13)17;;;/h3*1,5-6,8-9,11,16H,4,7,10H2,2H3;3*1H. The number of para-hydroxylation sites is 3. The summed E-state index contributed by atoms with van der Waals surface area (Å²) in [6.45, 7) is 9.07. The van der Waals surface area contributed by atoms with E-state index in [1.165, 1.54) is 33.6 Å². The van der Waals surface area contributed by atoms with Gasteiger partial charge in [-0.1, -0.05) is 36.4 Å². The van der Waals surface area contributed by atoms with Crippen LogP contribution in [0.3, 0.4) is 0 Å². The number of aryl methyl sites for hydroxylation is 6. The van der Waals surface area contributed by atoms with Crippen molar-refractivity contribution < 1.29 is 85.6 Å². The molecule has 0 saturated carbocycles. The highest BCUT2D eigenvalue weighted by Gasteiger charge is 2.16. The fraction of sp³-hybridized carbons (Fsp3) is 0.267. The largest absolute Gasteiger partial charge is 1.00 e. The minimum Gasteiger partial charge on any atom is -1.00 e. The molecule has 3 heterocycles. The molecular formula is C45H51I3N6. The second-order valence-corrected chi connectivity index (χ2v) is 12.7. The molecule has 0 atom stereocenters. The Labute approximate surface area is 373 Å². The summed E-state index contributed by atoms with van der Waals surface area (Å²) in [6.07, 6.45) is 21.3. The van der Waals surface area contributed by atoms with Crippen molar-refractivity contribution in [3.8, 4) is 37.0 Å². The Balaban J connectivity index is 0.000000394. The predicted octanol–water partition coefficient (Wildman–Crippen LogP) is -1.69. The van der Waals surface area contributed by atoms with Crippen molar-refractivity contribution in [2.75, 3.05) is 17.2 Å². The average molecular weight is 1060 g/mol. The van der Waals surface area contributed by atoms with E-state index in [0.29, 0.717) is 0 Å². The molecule has 0 spiro atoms. The van der Waals surface area contributed by atoms with Crippen molar-refractivity contribution in [1.29, 1.82) is 0 Å². The van der Waals surface area contributed by atoms with Gasteiger partial charge in [0.15, 0.2) is 17.1 Å². The highest BCUT2D eigenvalue weighted by Crippen LogP contribution is 2.21. The van der Waals surface area contributed by atoms with E-state index in [1.807, 2.05) is 54.6 Å². The summed E-state index contributed by atoms with van der Waals surface area (Å²) in [4.78, 5) is 0. The topological polar surface area (TPSA) is 89.7 Å². The van der Waals surface area contributed by atoms with Crippen LogP contribution in [0.25, 0.3) is 32.7 Å². The van der Waals surface area contributed by atoms with E-state index in [1.54, 1.807) is 0 Å². The first-order valence-corrected chi connectivity index (χ1v) is 17.5. The highest BCUT2D eigenvalue weighted by molar-refractivity contribution is 5.89. The van der Waals surface area contributed by atoms with Gasteiger partial charge in [0.25, 0.3) is 0 Å². The van der Waals surface area contributed by atoms with Gasteiger partial charge in [-0.2, -0.15) is 13.7 Å². The number of hydrogen-bond donors (Lipinski definition) is 3. The van der Waals surface area contributed by atoms with Gasteiger partial charge < -0.3 is 89.1 Å². The van der Waals surface area contributed by atoms with Crippen molar-refractivity contribution in [1.82, 2.24) is 0 Å². The zero-order valence-corrected chi connectivity index (χ0v) is 37.9. The van der Waals surface area contributed by atoms with Crippen LogP contribution in [-0.4, -0.2) is 0 Å². The Morgan fingerprint density at radius 3 is 0.926 bits per heavy atom. The van der Waals surface area contributed by atoms with Crippen LogP contribution in [0.2, 0.25) is 0 Å². The number of benzene rings is 3. The molecule has 0 aliphatic carbocycles. The zero-order valence-electron chi connectivity index (χ0n) is 31.5. The van der Waals surface area contributed by atoms with Crippen LogP contribution in [0, 0.1) is 57.8 Å². The molecule has 282 valence electrons. The fourth-order valence-electron chi connectivity index (χ4n) is 6.48. The number of aromatic nitrogens is 3. The SMILES string of the molecule is C#CCCC[n+]1c(C)cc(N)c2ccccc21.C#CCCC[n+]1c(C)cc(N)c2ccccc21.C#CCCC[n+]1c(C)cc(N)c2ccccc21.[I-].[I-].[I-]. The van der Waals surface area contributed by atoms with Gasteiger partial charge >= 0.3 is 0 Å². The van der Waals surface area contributed by atoms with Gasteiger partial charge in [0.05, 0.1) is 33.2 Å². The number of unbranched alkanes of at least 4 members (excludes halogenated alkanes) is 3. The first-order chi connectivity index (χ1) is 24.7. The summed E-state index contributed by atoms with van der Waals surface area (Å²) in [5.74, 6) is 8.04. The summed E-state index contributed by atoms with van der Waals surface area (Å²) in [7, 11) is 0. The van der Waals surface area contributed by atoms with Crippen LogP contribution in [0.4, 0.5) is 17.1 Å². The van der Waals surface area contributed by atoms with E-state index < -0.39 is 0 Å². The Bertz CT molecular complexity index is 2010. The molecule has 54 heavy (non-hydrogen) atoms. The molecule has 0 amide bonds. The molecule has 0 fully saturated rings. The van der Waals surface area contributed by atoms with Gasteiger partial charge in [-0.3, -0.25) is 0 Å². The Hall–Kier alpha value is -3.84. The quantitative estimate of drug-likeness (QED) is 0.0700. The minimum atomic E-state index is 0. The third-order valence-electron chi connectivity index (χ3n) is 9.00. The predicted molar refractivity (Wildman–Crippen MR) is 214 cm³/mol. The van der Waals surface area contributed by atoms with Crippen LogP contribution < -0.4 is 103 Å². The molecule has 3 aromatic carbocycles. The molecule has 0 unspecified atom stereocenters. The number of pyridine rings is 3. The van der Waals surface area contributed by atoms with Crippen molar-refractivity contribution in [3.05, 3.63) is 108 Å². The summed E-state index contributed by atoms with van der Waals surface area (Å²) in [6, 6.07) is 30.7. The lowest BCUT2D eigenvalue weighted by atomic mass is 10.1. The number of nitrogen functional groups attached to an aromatic ring is 3. The van der Waals surface area contributed by atoms with Crippen molar-refractivity contribution in [3.63, 3.8) is 0 Å². The van der Waals surface area contributed by atoms with Crippen LogP contribution in [0.5, 0.6) is 0 Å². The molecule has 0 saturated heterocycles. The van der Waals surface area contributed by atoms with E-state index in [-0.39, 0.29) is 71.9 Å². The van der Waals surface area contributed by atoms with E-state index in [0.717, 1.165) is 91.4 Å². The maximum absolute atomic E-state index is 6.04. The molecule has 3 aromatic heterocycles. The number of anilines is 3. The molecule has 6 rings (SSSR count). The molecule has 6 N–H and O–H groups in total. The second-order valence-electron chi connectivity index (χ2n) is 12.7. The van der Waals surface area contributed by atoms with Gasteiger partial charge in [-0.15, -0.1) is 37.0 Å². The molecular weight excluding hydrogens is 1010 g/mol. The Morgan fingerprint density at radius 1 is 0.444 bits per heavy atom. The van der Waals surface area contributed by atoms with Crippen LogP contribution in [0.1, 0.15) is 55.6 Å². The van der Waals surface area contributed by atoms with Crippen LogP contribution in [-0.2, 0) is 19.6 Å². The molecule has 0 aliphatic rings. The summed E-state index contributed by atoms with van der Waals surface area (Å²) < 4.78 is 6.84.